The number of fused-ring (bicyclic) bond motifs is 1. The normalized spacial score (nSPS) is 11.6. The lowest BCUT2D eigenvalue weighted by atomic mass is 10.2. The van der Waals surface area contributed by atoms with Gasteiger partial charge in [-0.25, -0.2) is 9.78 Å². The Morgan fingerprint density at radius 3 is 2.42 bits per heavy atom. The van der Waals surface area contributed by atoms with Crippen molar-refractivity contribution in [2.75, 3.05) is 5.75 Å². The third-order valence-electron chi connectivity index (χ3n) is 4.42. The van der Waals surface area contributed by atoms with E-state index in [1.165, 1.54) is 11.6 Å². The number of hydrogen-bond acceptors (Lipinski definition) is 4. The summed E-state index contributed by atoms with van der Waals surface area (Å²) in [5.74, 6) is 1.52. The molecule has 0 radical (unpaired) electrons. The van der Waals surface area contributed by atoms with Crippen molar-refractivity contribution in [3.63, 3.8) is 0 Å². The number of thioether (sulfide) groups is 1. The summed E-state index contributed by atoms with van der Waals surface area (Å²) in [4.78, 5) is 29.7. The summed E-state index contributed by atoms with van der Waals surface area (Å²) in [7, 11) is 3.17. The molecule has 3 rings (SSSR count). The van der Waals surface area contributed by atoms with E-state index in [1.54, 1.807) is 18.8 Å². The highest BCUT2D eigenvalue weighted by molar-refractivity contribution is 7.99. The zero-order chi connectivity index (χ0) is 18.8. The smallest absolute Gasteiger partial charge is 0.309 e. The molecule has 0 saturated carbocycles. The van der Waals surface area contributed by atoms with E-state index in [0.717, 1.165) is 27.5 Å². The zero-order valence-electron chi connectivity index (χ0n) is 15.6. The molecule has 0 amide bonds. The highest BCUT2D eigenvalue weighted by Crippen LogP contribution is 2.24. The average molecular weight is 372 g/mol. The third-order valence-corrected chi connectivity index (χ3v) is 5.43. The van der Waals surface area contributed by atoms with Crippen LogP contribution in [0.2, 0.25) is 0 Å². The van der Waals surface area contributed by atoms with E-state index in [-0.39, 0.29) is 11.2 Å². The lowest BCUT2D eigenvalue weighted by Crippen LogP contribution is -2.37. The monoisotopic (exact) mass is 372 g/mol. The Kier molecular flexibility index (Phi) is 5.36. The predicted molar refractivity (Wildman–Crippen MR) is 106 cm³/mol. The molecule has 1 aromatic carbocycles. The molecule has 0 fully saturated rings. The minimum absolute atomic E-state index is 0.303. The second-order valence-corrected chi connectivity index (χ2v) is 7.94. The Hall–Kier alpha value is -2.28. The fraction of sp³-hybridized carbons (Fsp3) is 0.421. The van der Waals surface area contributed by atoms with Crippen LogP contribution in [0.3, 0.4) is 0 Å². The Morgan fingerprint density at radius 2 is 1.77 bits per heavy atom. The van der Waals surface area contributed by atoms with Crippen LogP contribution in [-0.2, 0) is 20.6 Å². The van der Waals surface area contributed by atoms with Crippen LogP contribution in [0.25, 0.3) is 11.2 Å². The van der Waals surface area contributed by atoms with Crippen molar-refractivity contribution in [2.45, 2.75) is 32.0 Å². The van der Waals surface area contributed by atoms with Crippen molar-refractivity contribution >= 4 is 22.9 Å². The molecule has 0 spiro atoms. The van der Waals surface area contributed by atoms with E-state index in [0.29, 0.717) is 23.6 Å². The Balaban J connectivity index is 2.16. The van der Waals surface area contributed by atoms with Crippen molar-refractivity contribution in [1.29, 1.82) is 0 Å². The lowest BCUT2D eigenvalue weighted by Gasteiger charge is -2.10. The number of benzene rings is 1. The molecule has 0 aliphatic carbocycles. The quantitative estimate of drug-likeness (QED) is 0.624. The second-order valence-electron chi connectivity index (χ2n) is 6.88. The molecule has 0 saturated heterocycles. The fourth-order valence-corrected chi connectivity index (χ4v) is 4.07. The minimum atomic E-state index is -0.356. The van der Waals surface area contributed by atoms with Gasteiger partial charge in [0.25, 0.3) is 5.56 Å². The Labute approximate surface area is 156 Å². The van der Waals surface area contributed by atoms with E-state index >= 15 is 0 Å². The van der Waals surface area contributed by atoms with Crippen LogP contribution in [0.15, 0.2) is 45.1 Å². The molecule has 3 aromatic rings. The van der Waals surface area contributed by atoms with E-state index in [9.17, 15) is 9.59 Å². The summed E-state index contributed by atoms with van der Waals surface area (Å²) in [5.41, 5.74) is 1.35. The van der Waals surface area contributed by atoms with Crippen LogP contribution in [0, 0.1) is 5.92 Å². The highest BCUT2D eigenvalue weighted by Gasteiger charge is 2.19. The summed E-state index contributed by atoms with van der Waals surface area (Å²) < 4.78 is 4.54. The maximum atomic E-state index is 12.8. The van der Waals surface area contributed by atoms with Gasteiger partial charge in [0.2, 0.25) is 0 Å². The minimum Gasteiger partial charge on any atom is -0.309 e. The molecule has 0 bridgehead atoms. The first kappa shape index (κ1) is 18.5. The standard InChI is InChI=1S/C19H24N4O2S/c1-13(2)10-11-26-18-20-16-15(17(24)22(4)19(25)21(16)3)23(18)12-14-8-6-5-7-9-14/h5-9,13H,10-12H2,1-4H3. The number of rotatable bonds is 6. The lowest BCUT2D eigenvalue weighted by molar-refractivity contribution is 0.630. The van der Waals surface area contributed by atoms with Crippen LogP contribution in [0.4, 0.5) is 0 Å². The third kappa shape index (κ3) is 3.49. The molecule has 0 atom stereocenters. The molecule has 6 nitrogen and oxygen atoms in total. The molecular weight excluding hydrogens is 348 g/mol. The molecular formula is C19H24N4O2S. The van der Waals surface area contributed by atoms with Gasteiger partial charge in [0, 0.05) is 19.8 Å². The molecule has 0 aliphatic rings. The van der Waals surface area contributed by atoms with Crippen LogP contribution < -0.4 is 11.2 Å². The molecule has 0 N–H and O–H groups in total. The van der Waals surface area contributed by atoms with Crippen LogP contribution in [0.1, 0.15) is 25.8 Å². The van der Waals surface area contributed by atoms with Gasteiger partial charge in [-0.3, -0.25) is 13.9 Å². The summed E-state index contributed by atoms with van der Waals surface area (Å²) in [6.45, 7) is 4.93. The molecule has 0 unspecified atom stereocenters. The number of nitrogens with zero attached hydrogens (tertiary/aromatic N) is 4. The summed E-state index contributed by atoms with van der Waals surface area (Å²) in [6, 6.07) is 9.99. The van der Waals surface area contributed by atoms with Crippen molar-refractivity contribution in [1.82, 2.24) is 18.7 Å². The first-order chi connectivity index (χ1) is 12.4. The van der Waals surface area contributed by atoms with Gasteiger partial charge in [0.1, 0.15) is 0 Å². The summed E-state index contributed by atoms with van der Waals surface area (Å²) in [6.07, 6.45) is 1.07. The van der Waals surface area contributed by atoms with E-state index < -0.39 is 0 Å². The molecule has 138 valence electrons. The largest absolute Gasteiger partial charge is 0.332 e. The van der Waals surface area contributed by atoms with E-state index in [4.69, 9.17) is 0 Å². The molecule has 7 heteroatoms. The van der Waals surface area contributed by atoms with Gasteiger partial charge < -0.3 is 4.57 Å². The first-order valence-electron chi connectivity index (χ1n) is 8.73. The van der Waals surface area contributed by atoms with Crippen molar-refractivity contribution in [3.05, 3.63) is 56.7 Å². The molecule has 2 aromatic heterocycles. The topological polar surface area (TPSA) is 61.8 Å². The van der Waals surface area contributed by atoms with Crippen LogP contribution >= 0.6 is 11.8 Å². The van der Waals surface area contributed by atoms with Gasteiger partial charge in [-0.2, -0.15) is 0 Å². The number of aromatic nitrogens is 4. The highest BCUT2D eigenvalue weighted by atomic mass is 32.2. The Morgan fingerprint density at radius 1 is 1.08 bits per heavy atom. The second kappa shape index (κ2) is 7.53. The Bertz CT molecular complexity index is 1030. The van der Waals surface area contributed by atoms with Crippen LogP contribution in [-0.4, -0.2) is 24.4 Å². The van der Waals surface area contributed by atoms with Crippen molar-refractivity contribution in [3.8, 4) is 0 Å². The maximum Gasteiger partial charge on any atom is 0.332 e. The van der Waals surface area contributed by atoms with Gasteiger partial charge in [0.05, 0.1) is 6.54 Å². The number of hydrogen-bond donors (Lipinski definition) is 0. The SMILES string of the molecule is CC(C)CCSc1nc2c(c(=O)n(C)c(=O)n2C)n1Cc1ccccc1. The summed E-state index contributed by atoms with van der Waals surface area (Å²) >= 11 is 1.64. The van der Waals surface area contributed by atoms with Crippen molar-refractivity contribution in [2.24, 2.45) is 20.0 Å². The van der Waals surface area contributed by atoms with E-state index in [1.807, 2.05) is 34.9 Å². The zero-order valence-corrected chi connectivity index (χ0v) is 16.4. The van der Waals surface area contributed by atoms with Crippen molar-refractivity contribution < 1.29 is 0 Å². The predicted octanol–water partition coefficient (Wildman–Crippen LogP) is 2.62. The number of imidazole rings is 1. The fourth-order valence-electron chi connectivity index (χ4n) is 2.84. The van der Waals surface area contributed by atoms with E-state index in [2.05, 4.69) is 18.8 Å². The van der Waals surface area contributed by atoms with Gasteiger partial charge >= 0.3 is 5.69 Å². The summed E-state index contributed by atoms with van der Waals surface area (Å²) in [5, 5.41) is 0.780. The van der Waals surface area contributed by atoms with Gasteiger partial charge in [-0.05, 0) is 17.9 Å². The molecule has 26 heavy (non-hydrogen) atoms. The van der Waals surface area contributed by atoms with Crippen LogP contribution in [0.5, 0.6) is 0 Å². The molecule has 2 heterocycles. The number of aryl methyl sites for hydroxylation is 1. The van der Waals surface area contributed by atoms with Gasteiger partial charge in [-0.1, -0.05) is 55.9 Å². The van der Waals surface area contributed by atoms with Gasteiger partial charge in [-0.15, -0.1) is 0 Å². The first-order valence-corrected chi connectivity index (χ1v) is 9.71. The average Bonchev–Trinajstić information content (AvgIpc) is 2.97. The van der Waals surface area contributed by atoms with Gasteiger partial charge in [0.15, 0.2) is 16.3 Å². The maximum absolute atomic E-state index is 12.8. The molecule has 0 aliphatic heterocycles.